The van der Waals surface area contributed by atoms with Gasteiger partial charge in [-0.1, -0.05) is 5.21 Å². The molecule has 2 aromatic rings. The molecular weight excluding hydrogens is 192 g/mol. The van der Waals surface area contributed by atoms with Gasteiger partial charge in [-0.05, 0) is 37.1 Å². The molecule has 1 heterocycles. The number of carbonyl (C=O) groups is 1. The maximum Gasteiger partial charge on any atom is 0.239 e. The van der Waals surface area contributed by atoms with Crippen LogP contribution in [0.25, 0.3) is 11.0 Å². The van der Waals surface area contributed by atoms with Crippen molar-refractivity contribution in [3.8, 4) is 0 Å². The molecule has 2 N–H and O–H groups in total. The van der Waals surface area contributed by atoms with E-state index in [-0.39, 0.29) is 6.54 Å². The summed E-state index contributed by atoms with van der Waals surface area (Å²) < 4.78 is 1.52. The minimum atomic E-state index is -0.417. The topological polar surface area (TPSA) is 73.8 Å². The van der Waals surface area contributed by atoms with Gasteiger partial charge in [0.05, 0.1) is 5.52 Å². The van der Waals surface area contributed by atoms with Crippen molar-refractivity contribution in [3.63, 3.8) is 0 Å². The van der Waals surface area contributed by atoms with Crippen LogP contribution < -0.4 is 5.73 Å². The van der Waals surface area contributed by atoms with Gasteiger partial charge in [-0.2, -0.15) is 0 Å². The van der Waals surface area contributed by atoms with Crippen LogP contribution in [0.15, 0.2) is 12.1 Å². The smallest absolute Gasteiger partial charge is 0.239 e. The number of benzene rings is 1. The van der Waals surface area contributed by atoms with Crippen molar-refractivity contribution in [2.75, 3.05) is 0 Å². The second kappa shape index (κ2) is 3.34. The first-order valence-corrected chi connectivity index (χ1v) is 4.66. The fraction of sp³-hybridized carbons (Fsp3) is 0.300. The molecule has 15 heavy (non-hydrogen) atoms. The van der Waals surface area contributed by atoms with Crippen molar-refractivity contribution in [1.29, 1.82) is 0 Å². The molecule has 0 unspecified atom stereocenters. The summed E-state index contributed by atoms with van der Waals surface area (Å²) >= 11 is 0. The summed E-state index contributed by atoms with van der Waals surface area (Å²) in [6, 6.07) is 3.92. The first-order chi connectivity index (χ1) is 7.08. The van der Waals surface area contributed by atoms with Gasteiger partial charge >= 0.3 is 0 Å². The lowest BCUT2D eigenvalue weighted by Gasteiger charge is -2.01. The van der Waals surface area contributed by atoms with Crippen LogP contribution in [0, 0.1) is 13.8 Å². The number of hydrogen-bond acceptors (Lipinski definition) is 3. The van der Waals surface area contributed by atoms with Gasteiger partial charge in [0.2, 0.25) is 5.91 Å². The molecule has 1 amide bonds. The molecule has 0 aliphatic heterocycles. The fourth-order valence-corrected chi connectivity index (χ4v) is 1.49. The normalized spacial score (nSPS) is 10.8. The number of amides is 1. The molecule has 1 aromatic heterocycles. The van der Waals surface area contributed by atoms with Crippen molar-refractivity contribution >= 4 is 16.9 Å². The molecule has 0 spiro atoms. The molecule has 0 aliphatic carbocycles. The minimum Gasteiger partial charge on any atom is -0.368 e. The van der Waals surface area contributed by atoms with E-state index in [0.29, 0.717) is 0 Å². The van der Waals surface area contributed by atoms with Gasteiger partial charge in [0.1, 0.15) is 12.1 Å². The Balaban J connectivity index is 2.59. The quantitative estimate of drug-likeness (QED) is 0.775. The highest BCUT2D eigenvalue weighted by Gasteiger charge is 2.07. The highest BCUT2D eigenvalue weighted by atomic mass is 16.1. The van der Waals surface area contributed by atoms with Gasteiger partial charge in [-0.25, -0.2) is 4.68 Å². The van der Waals surface area contributed by atoms with Gasteiger partial charge in [0, 0.05) is 0 Å². The van der Waals surface area contributed by atoms with Crippen molar-refractivity contribution in [2.24, 2.45) is 5.73 Å². The lowest BCUT2D eigenvalue weighted by molar-refractivity contribution is -0.118. The lowest BCUT2D eigenvalue weighted by Crippen LogP contribution is -2.19. The Morgan fingerprint density at radius 3 is 2.73 bits per heavy atom. The Morgan fingerprint density at radius 1 is 1.40 bits per heavy atom. The van der Waals surface area contributed by atoms with E-state index < -0.39 is 5.91 Å². The van der Waals surface area contributed by atoms with E-state index in [0.717, 1.165) is 22.2 Å². The molecule has 0 radical (unpaired) electrons. The van der Waals surface area contributed by atoms with Gasteiger partial charge in [0.25, 0.3) is 0 Å². The van der Waals surface area contributed by atoms with E-state index in [1.807, 2.05) is 26.0 Å². The van der Waals surface area contributed by atoms with Crippen LogP contribution in [-0.4, -0.2) is 20.9 Å². The summed E-state index contributed by atoms with van der Waals surface area (Å²) in [5.41, 5.74) is 9.06. The molecule has 0 saturated carbocycles. The number of nitrogens with zero attached hydrogens (tertiary/aromatic N) is 3. The summed E-state index contributed by atoms with van der Waals surface area (Å²) in [5, 5.41) is 7.86. The number of fused-ring (bicyclic) bond motifs is 1. The Labute approximate surface area is 86.9 Å². The minimum absolute atomic E-state index is 0.0685. The molecular formula is C10H12N4O. The van der Waals surface area contributed by atoms with E-state index >= 15 is 0 Å². The zero-order chi connectivity index (χ0) is 11.0. The van der Waals surface area contributed by atoms with Crippen LogP contribution in [0.5, 0.6) is 0 Å². The van der Waals surface area contributed by atoms with Crippen LogP contribution >= 0.6 is 0 Å². The van der Waals surface area contributed by atoms with Crippen LogP contribution in [0.2, 0.25) is 0 Å². The number of aromatic nitrogens is 3. The highest BCUT2D eigenvalue weighted by molar-refractivity contribution is 5.79. The molecule has 0 fully saturated rings. The van der Waals surface area contributed by atoms with Crippen LogP contribution in [-0.2, 0) is 11.3 Å². The Bertz CT molecular complexity index is 529. The molecule has 0 atom stereocenters. The summed E-state index contributed by atoms with van der Waals surface area (Å²) in [6.45, 7) is 4.09. The summed E-state index contributed by atoms with van der Waals surface area (Å²) in [6.07, 6.45) is 0. The van der Waals surface area contributed by atoms with E-state index in [4.69, 9.17) is 5.73 Å². The standard InChI is InChI=1S/C10H12N4O/c1-6-3-8-9(4-7(6)2)14(13-12-8)5-10(11)15/h3-4H,5H2,1-2H3,(H2,11,15). The van der Waals surface area contributed by atoms with Crippen molar-refractivity contribution in [2.45, 2.75) is 20.4 Å². The zero-order valence-electron chi connectivity index (χ0n) is 8.69. The molecule has 5 heteroatoms. The third-order valence-electron chi connectivity index (χ3n) is 2.43. The summed E-state index contributed by atoms with van der Waals surface area (Å²) in [5.74, 6) is -0.417. The van der Waals surface area contributed by atoms with Crippen molar-refractivity contribution in [3.05, 3.63) is 23.3 Å². The first-order valence-electron chi connectivity index (χ1n) is 4.66. The fourth-order valence-electron chi connectivity index (χ4n) is 1.49. The molecule has 0 aliphatic rings. The lowest BCUT2D eigenvalue weighted by atomic mass is 10.1. The maximum atomic E-state index is 10.8. The molecule has 2 rings (SSSR count). The predicted octanol–water partition coefficient (Wildman–Crippen LogP) is 0.533. The van der Waals surface area contributed by atoms with Crippen LogP contribution in [0.4, 0.5) is 0 Å². The van der Waals surface area contributed by atoms with Crippen LogP contribution in [0.3, 0.4) is 0 Å². The van der Waals surface area contributed by atoms with E-state index in [1.54, 1.807) is 0 Å². The SMILES string of the molecule is Cc1cc2nnn(CC(N)=O)c2cc1C. The molecule has 0 saturated heterocycles. The van der Waals surface area contributed by atoms with Crippen molar-refractivity contribution in [1.82, 2.24) is 15.0 Å². The molecule has 1 aromatic carbocycles. The zero-order valence-corrected chi connectivity index (χ0v) is 8.69. The van der Waals surface area contributed by atoms with E-state index in [1.165, 1.54) is 4.68 Å². The van der Waals surface area contributed by atoms with E-state index in [2.05, 4.69) is 10.3 Å². The molecule has 5 nitrogen and oxygen atoms in total. The van der Waals surface area contributed by atoms with Crippen molar-refractivity contribution < 1.29 is 4.79 Å². The van der Waals surface area contributed by atoms with Gasteiger partial charge in [0.15, 0.2) is 0 Å². The van der Waals surface area contributed by atoms with E-state index in [9.17, 15) is 4.79 Å². The average molecular weight is 204 g/mol. The second-order valence-corrected chi connectivity index (χ2v) is 3.64. The number of rotatable bonds is 2. The number of carbonyl (C=O) groups excluding carboxylic acids is 1. The maximum absolute atomic E-state index is 10.8. The average Bonchev–Trinajstić information content (AvgIpc) is 2.49. The van der Waals surface area contributed by atoms with Gasteiger partial charge < -0.3 is 5.73 Å². The third kappa shape index (κ3) is 1.68. The molecule has 78 valence electrons. The predicted molar refractivity (Wildman–Crippen MR) is 56.2 cm³/mol. The highest BCUT2D eigenvalue weighted by Crippen LogP contribution is 2.16. The second-order valence-electron chi connectivity index (χ2n) is 3.64. The third-order valence-corrected chi connectivity index (χ3v) is 2.43. The largest absolute Gasteiger partial charge is 0.368 e. The number of primary amides is 1. The number of aryl methyl sites for hydroxylation is 2. The number of hydrogen-bond donors (Lipinski definition) is 1. The Hall–Kier alpha value is -1.91. The van der Waals surface area contributed by atoms with Gasteiger partial charge in [-0.15, -0.1) is 5.10 Å². The summed E-state index contributed by atoms with van der Waals surface area (Å²) in [7, 11) is 0. The van der Waals surface area contributed by atoms with Crippen LogP contribution in [0.1, 0.15) is 11.1 Å². The molecule has 0 bridgehead atoms. The first kappa shape index (κ1) is 9.64. The summed E-state index contributed by atoms with van der Waals surface area (Å²) in [4.78, 5) is 10.8. The number of nitrogens with two attached hydrogens (primary N) is 1. The monoisotopic (exact) mass is 204 g/mol. The Morgan fingerprint density at radius 2 is 2.07 bits per heavy atom. The Kier molecular flexibility index (Phi) is 2.15. The van der Waals surface area contributed by atoms with Gasteiger partial charge in [-0.3, -0.25) is 4.79 Å².